The van der Waals surface area contributed by atoms with E-state index in [1.165, 1.54) is 11.1 Å². The van der Waals surface area contributed by atoms with Gasteiger partial charge in [-0.3, -0.25) is 9.59 Å². The van der Waals surface area contributed by atoms with Gasteiger partial charge in [-0.15, -0.1) is 0 Å². The fourth-order valence-electron chi connectivity index (χ4n) is 7.51. The van der Waals surface area contributed by atoms with Crippen LogP contribution in [0.5, 0.6) is 0 Å². The fourth-order valence-corrected chi connectivity index (χ4v) is 7.51. The average molecular weight is 589 g/mol. The van der Waals surface area contributed by atoms with Crippen LogP contribution >= 0.6 is 0 Å². The van der Waals surface area contributed by atoms with Crippen LogP contribution in [0.3, 0.4) is 0 Å². The highest BCUT2D eigenvalue weighted by atomic mass is 16.1. The van der Waals surface area contributed by atoms with E-state index in [9.17, 15) is 9.59 Å². The topological polar surface area (TPSA) is 59.9 Å². The zero-order valence-corrected chi connectivity index (χ0v) is 25.1. The standard InChI is InChI=1S/C42H24N2O2/c1-21-3-7-23(8-4-21)25-11-13-27-31(19-25)41(45)29-15-17-34-37-35(29)39(27)43-33-18-16-30-36(38(33)37)40(44-34)28-14-12-26(20-32(28)42(30)46)24-9-5-22(2)6-10-24/h3-20H,1-2H3. The van der Waals surface area contributed by atoms with Gasteiger partial charge < -0.3 is 0 Å². The molecular weight excluding hydrogens is 564 g/mol. The molecule has 0 atom stereocenters. The quantitative estimate of drug-likeness (QED) is 0.149. The lowest BCUT2D eigenvalue weighted by Gasteiger charge is -2.17. The summed E-state index contributed by atoms with van der Waals surface area (Å²) >= 11 is 0. The van der Waals surface area contributed by atoms with Crippen molar-refractivity contribution in [1.82, 2.24) is 9.97 Å². The third-order valence-corrected chi connectivity index (χ3v) is 9.85. The molecule has 0 aliphatic heterocycles. The maximum absolute atomic E-state index is 14.1. The molecule has 0 fully saturated rings. The Morgan fingerprint density at radius 2 is 0.739 bits per heavy atom. The first-order valence-electron chi connectivity index (χ1n) is 15.5. The zero-order chi connectivity index (χ0) is 30.8. The molecule has 10 rings (SSSR count). The second-order valence-corrected chi connectivity index (χ2v) is 12.6. The van der Waals surface area contributed by atoms with Gasteiger partial charge in [-0.05, 0) is 72.5 Å². The first-order valence-corrected chi connectivity index (χ1v) is 15.5. The summed E-state index contributed by atoms with van der Waals surface area (Å²) < 4.78 is 0. The van der Waals surface area contributed by atoms with Crippen molar-refractivity contribution in [2.45, 2.75) is 13.8 Å². The van der Waals surface area contributed by atoms with Crippen molar-refractivity contribution in [2.75, 3.05) is 0 Å². The highest BCUT2D eigenvalue weighted by molar-refractivity contribution is 6.37. The summed E-state index contributed by atoms with van der Waals surface area (Å²) in [6.45, 7) is 4.14. The number of aromatic nitrogens is 2. The van der Waals surface area contributed by atoms with Crippen LogP contribution in [0.15, 0.2) is 119 Å². The van der Waals surface area contributed by atoms with E-state index in [0.717, 1.165) is 76.6 Å². The smallest absolute Gasteiger partial charge is 0.194 e. The summed E-state index contributed by atoms with van der Waals surface area (Å²) in [7, 11) is 0. The first-order chi connectivity index (χ1) is 22.4. The van der Waals surface area contributed by atoms with Crippen LogP contribution in [0.1, 0.15) is 11.1 Å². The molecule has 0 radical (unpaired) electrons. The molecule has 4 nitrogen and oxygen atoms in total. The van der Waals surface area contributed by atoms with Crippen LogP contribution in [0, 0.1) is 13.8 Å². The van der Waals surface area contributed by atoms with Gasteiger partial charge in [-0.2, -0.15) is 0 Å². The van der Waals surface area contributed by atoms with Crippen molar-refractivity contribution in [1.29, 1.82) is 0 Å². The average Bonchev–Trinajstić information content (AvgIpc) is 3.09. The molecule has 0 aliphatic carbocycles. The van der Waals surface area contributed by atoms with Crippen molar-refractivity contribution >= 4 is 75.9 Å². The fraction of sp³-hybridized carbons (Fsp3) is 0.0476. The Labute approximate surface area is 262 Å². The Morgan fingerprint density at radius 3 is 1.15 bits per heavy atom. The first kappa shape index (κ1) is 25.3. The molecule has 8 aromatic carbocycles. The van der Waals surface area contributed by atoms with Crippen molar-refractivity contribution in [3.8, 4) is 22.3 Å². The lowest BCUT2D eigenvalue weighted by molar-refractivity contribution is 1.47. The summed E-state index contributed by atoms with van der Waals surface area (Å²) in [6, 6.07) is 36.6. The number of pyridine rings is 2. The minimum Gasteiger partial charge on any atom is -0.289 e. The van der Waals surface area contributed by atoms with Gasteiger partial charge in [0.2, 0.25) is 0 Å². The molecular formula is C42H24N2O2. The minimum atomic E-state index is -0.0196. The summed E-state index contributed by atoms with van der Waals surface area (Å²) in [5, 5.41) is 7.62. The van der Waals surface area contributed by atoms with Crippen molar-refractivity contribution in [3.63, 3.8) is 0 Å². The Kier molecular flexibility index (Phi) is 4.85. The van der Waals surface area contributed by atoms with Crippen LogP contribution in [0.25, 0.3) is 98.2 Å². The number of hydrogen-bond acceptors (Lipinski definition) is 4. The monoisotopic (exact) mass is 588 g/mol. The summed E-state index contributed by atoms with van der Waals surface area (Å²) in [4.78, 5) is 38.7. The largest absolute Gasteiger partial charge is 0.289 e. The SMILES string of the molecule is Cc1ccc(-c2ccc3c(c2)c(=O)c2ccc4nc5c6ccc(-c7ccc(C)cc7)cc6c(=O)c6ccc7nc3c2c4c7c65)cc1. The molecule has 0 unspecified atom stereocenters. The van der Waals surface area contributed by atoms with Crippen molar-refractivity contribution in [2.24, 2.45) is 0 Å². The van der Waals surface area contributed by atoms with Gasteiger partial charge in [0.05, 0.1) is 22.1 Å². The van der Waals surface area contributed by atoms with Gasteiger partial charge in [0, 0.05) is 53.9 Å². The zero-order valence-electron chi connectivity index (χ0n) is 25.1. The number of rotatable bonds is 2. The van der Waals surface area contributed by atoms with Crippen LogP contribution < -0.4 is 10.9 Å². The lowest BCUT2D eigenvalue weighted by atomic mass is 9.89. The van der Waals surface area contributed by atoms with Crippen LogP contribution in [0.4, 0.5) is 0 Å². The molecule has 4 heteroatoms. The van der Waals surface area contributed by atoms with Crippen molar-refractivity contribution in [3.05, 3.63) is 141 Å². The van der Waals surface area contributed by atoms with E-state index in [2.05, 4.69) is 74.5 Å². The predicted molar refractivity (Wildman–Crippen MR) is 191 cm³/mol. The van der Waals surface area contributed by atoms with E-state index in [0.29, 0.717) is 21.5 Å². The van der Waals surface area contributed by atoms with Gasteiger partial charge in [0.25, 0.3) is 0 Å². The van der Waals surface area contributed by atoms with Crippen LogP contribution in [-0.4, -0.2) is 9.97 Å². The number of benzene rings is 8. The summed E-state index contributed by atoms with van der Waals surface area (Å²) in [5.74, 6) is 0. The molecule has 0 N–H and O–H groups in total. The highest BCUT2D eigenvalue weighted by Gasteiger charge is 2.23. The van der Waals surface area contributed by atoms with Crippen LogP contribution in [0.2, 0.25) is 0 Å². The van der Waals surface area contributed by atoms with Crippen molar-refractivity contribution < 1.29 is 0 Å². The molecule has 0 saturated heterocycles. The van der Waals surface area contributed by atoms with E-state index in [1.54, 1.807) is 0 Å². The predicted octanol–water partition coefficient (Wildman–Crippen LogP) is 9.53. The van der Waals surface area contributed by atoms with E-state index in [4.69, 9.17) is 9.97 Å². The number of fused-ring (bicyclic) bond motifs is 4. The second kappa shape index (κ2) is 8.80. The van der Waals surface area contributed by atoms with Gasteiger partial charge >= 0.3 is 0 Å². The Balaban J connectivity index is 1.31. The van der Waals surface area contributed by atoms with Gasteiger partial charge in [-0.25, -0.2) is 9.97 Å². The van der Waals surface area contributed by atoms with Crippen LogP contribution in [-0.2, 0) is 0 Å². The minimum absolute atomic E-state index is 0.0196. The molecule has 2 heterocycles. The lowest BCUT2D eigenvalue weighted by Crippen LogP contribution is -2.08. The molecule has 0 spiro atoms. The Morgan fingerprint density at radius 1 is 0.370 bits per heavy atom. The van der Waals surface area contributed by atoms with Gasteiger partial charge in [0.15, 0.2) is 10.9 Å². The molecule has 0 amide bonds. The molecule has 46 heavy (non-hydrogen) atoms. The number of nitrogens with zero attached hydrogens (tertiary/aromatic N) is 2. The molecule has 0 bridgehead atoms. The molecule has 214 valence electrons. The third kappa shape index (κ3) is 3.28. The molecule has 0 saturated carbocycles. The molecule has 10 aromatic rings. The second-order valence-electron chi connectivity index (χ2n) is 12.6. The van der Waals surface area contributed by atoms with E-state index in [-0.39, 0.29) is 10.9 Å². The normalized spacial score (nSPS) is 12.3. The highest BCUT2D eigenvalue weighted by Crippen LogP contribution is 2.43. The molecule has 0 aliphatic rings. The van der Waals surface area contributed by atoms with Gasteiger partial charge in [0.1, 0.15) is 0 Å². The number of hydrogen-bond donors (Lipinski definition) is 0. The molecule has 2 aromatic heterocycles. The maximum Gasteiger partial charge on any atom is 0.194 e. The number of aryl methyl sites for hydroxylation is 2. The Hall–Kier alpha value is -6.00. The summed E-state index contributed by atoms with van der Waals surface area (Å²) in [6.07, 6.45) is 0. The van der Waals surface area contributed by atoms with E-state index < -0.39 is 0 Å². The maximum atomic E-state index is 14.1. The Bertz CT molecular complexity index is 2790. The van der Waals surface area contributed by atoms with E-state index in [1.807, 2.05) is 48.5 Å². The van der Waals surface area contributed by atoms with Gasteiger partial charge in [-0.1, -0.05) is 83.9 Å². The third-order valence-electron chi connectivity index (χ3n) is 9.85. The summed E-state index contributed by atoms with van der Waals surface area (Å²) in [5.41, 5.74) is 9.63. The van der Waals surface area contributed by atoms with E-state index >= 15 is 0 Å².